The van der Waals surface area contributed by atoms with E-state index in [1.165, 1.54) is 0 Å². The molecule has 0 amide bonds. The van der Waals surface area contributed by atoms with Crippen LogP contribution in [0.2, 0.25) is 0 Å². The molecule has 4 nitrogen and oxygen atoms in total. The van der Waals surface area contributed by atoms with E-state index in [2.05, 4.69) is 41.8 Å². The van der Waals surface area contributed by atoms with Gasteiger partial charge in [0.2, 0.25) is 0 Å². The number of pyridine rings is 1. The zero-order valence-corrected chi connectivity index (χ0v) is 12.9. The largest absolute Gasteiger partial charge is 0.311 e. The Hall–Kier alpha value is -2.23. The second-order valence-corrected chi connectivity index (χ2v) is 3.49. The van der Waals surface area contributed by atoms with Crippen LogP contribution in [0.5, 0.6) is 0 Å². The van der Waals surface area contributed by atoms with Gasteiger partial charge in [-0.3, -0.25) is 4.98 Å². The quantitative estimate of drug-likeness (QED) is 0.620. The lowest BCUT2D eigenvalue weighted by Crippen LogP contribution is -1.93. The van der Waals surface area contributed by atoms with Gasteiger partial charge in [0.05, 0.1) is 5.69 Å². The number of aromatic nitrogens is 3. The van der Waals surface area contributed by atoms with E-state index in [0.717, 1.165) is 29.5 Å². The van der Waals surface area contributed by atoms with Crippen molar-refractivity contribution in [2.24, 2.45) is 12.0 Å². The summed E-state index contributed by atoms with van der Waals surface area (Å²) in [6, 6.07) is 5.78. The lowest BCUT2D eigenvalue weighted by Gasteiger charge is -2.01. The Morgan fingerprint density at radius 3 is 2.30 bits per heavy atom. The summed E-state index contributed by atoms with van der Waals surface area (Å²) < 4.78 is 1.92. The van der Waals surface area contributed by atoms with E-state index >= 15 is 0 Å². The average molecular weight is 272 g/mol. The second kappa shape index (κ2) is 9.67. The Balaban J connectivity index is 0.000000829. The molecule has 2 heterocycles. The Morgan fingerprint density at radius 1 is 1.25 bits per heavy atom. The maximum Gasteiger partial charge on any atom is 0.160 e. The van der Waals surface area contributed by atoms with Gasteiger partial charge >= 0.3 is 0 Å². The molecule has 0 N–H and O–H groups in total. The molecule has 2 rings (SSSR count). The van der Waals surface area contributed by atoms with Crippen molar-refractivity contribution in [3.8, 4) is 11.5 Å². The molecule has 0 spiro atoms. The van der Waals surface area contributed by atoms with Crippen molar-refractivity contribution in [3.05, 3.63) is 43.2 Å². The lowest BCUT2D eigenvalue weighted by molar-refractivity contribution is 0.916. The van der Waals surface area contributed by atoms with Crippen molar-refractivity contribution in [2.45, 2.75) is 27.2 Å². The highest BCUT2D eigenvalue weighted by atomic mass is 15.1. The molecular weight excluding hydrogens is 248 g/mol. The van der Waals surface area contributed by atoms with E-state index in [4.69, 9.17) is 0 Å². The highest BCUT2D eigenvalue weighted by Crippen LogP contribution is 2.25. The molecule has 0 aromatic carbocycles. The third-order valence-corrected chi connectivity index (χ3v) is 2.51. The molecule has 0 aliphatic heterocycles. The summed E-state index contributed by atoms with van der Waals surface area (Å²) in [4.78, 5) is 12.8. The van der Waals surface area contributed by atoms with E-state index in [9.17, 15) is 0 Å². The highest BCUT2D eigenvalue weighted by Gasteiger charge is 2.13. The number of hydrogen-bond donors (Lipinski definition) is 0. The maximum absolute atomic E-state index is 4.54. The first-order valence-corrected chi connectivity index (χ1v) is 6.71. The van der Waals surface area contributed by atoms with Crippen LogP contribution in [0.15, 0.2) is 42.5 Å². The van der Waals surface area contributed by atoms with Gasteiger partial charge in [0.1, 0.15) is 5.69 Å². The Kier molecular flexibility index (Phi) is 8.59. The standard InChI is InChI=1S/C12H14N4.C2H6.C2H4/c1-4-9-11(13-2)16(3)12(15-9)10-7-5-6-8-14-10;2*1-2/h5-8H,2,4H2,1,3H3;1-2H3;1-2H2. The number of rotatable bonds is 3. The van der Waals surface area contributed by atoms with Crippen LogP contribution in [-0.4, -0.2) is 21.3 Å². The predicted molar refractivity (Wildman–Crippen MR) is 87.6 cm³/mol. The first-order valence-electron chi connectivity index (χ1n) is 6.71. The van der Waals surface area contributed by atoms with Crippen LogP contribution >= 0.6 is 0 Å². The first-order chi connectivity index (χ1) is 9.77. The van der Waals surface area contributed by atoms with E-state index in [-0.39, 0.29) is 0 Å². The van der Waals surface area contributed by atoms with Crippen LogP contribution in [0.1, 0.15) is 26.5 Å². The fourth-order valence-corrected chi connectivity index (χ4v) is 1.71. The number of imidazole rings is 1. The highest BCUT2D eigenvalue weighted by molar-refractivity contribution is 5.57. The number of nitrogens with zero attached hydrogens (tertiary/aromatic N) is 4. The normalized spacial score (nSPS) is 8.80. The Morgan fingerprint density at radius 2 is 1.90 bits per heavy atom. The molecule has 0 fully saturated rings. The number of hydrogen-bond acceptors (Lipinski definition) is 3. The number of aliphatic imine (C=N–C) groups is 1. The Labute approximate surface area is 121 Å². The minimum atomic E-state index is 0.822. The fourth-order valence-electron chi connectivity index (χ4n) is 1.71. The van der Waals surface area contributed by atoms with Crippen LogP contribution in [0.4, 0.5) is 5.82 Å². The molecule has 0 aliphatic rings. The second-order valence-electron chi connectivity index (χ2n) is 3.49. The third-order valence-electron chi connectivity index (χ3n) is 2.51. The predicted octanol–water partition coefficient (Wildman–Crippen LogP) is 4.21. The van der Waals surface area contributed by atoms with Crippen LogP contribution < -0.4 is 0 Å². The summed E-state index contributed by atoms with van der Waals surface area (Å²) in [5.74, 6) is 1.66. The SMILES string of the molecule is C=C.C=Nc1c(CC)nc(-c2ccccn2)n1C.CC. The van der Waals surface area contributed by atoms with Gasteiger partial charge in [-0.25, -0.2) is 9.98 Å². The van der Waals surface area contributed by atoms with Gasteiger partial charge in [-0.1, -0.05) is 26.8 Å². The summed E-state index contributed by atoms with van der Waals surface area (Å²) in [5, 5.41) is 0. The van der Waals surface area contributed by atoms with Crippen LogP contribution in [0.25, 0.3) is 11.5 Å². The van der Waals surface area contributed by atoms with E-state index < -0.39 is 0 Å². The lowest BCUT2D eigenvalue weighted by atomic mass is 10.3. The number of aryl methyl sites for hydroxylation is 1. The molecule has 0 radical (unpaired) electrons. The van der Waals surface area contributed by atoms with Crippen molar-refractivity contribution < 1.29 is 0 Å². The topological polar surface area (TPSA) is 43.1 Å². The fraction of sp³-hybridized carbons (Fsp3) is 0.312. The van der Waals surface area contributed by atoms with Gasteiger partial charge in [-0.05, 0) is 25.3 Å². The van der Waals surface area contributed by atoms with Gasteiger partial charge < -0.3 is 4.57 Å². The molecule has 4 heteroatoms. The molecule has 0 atom stereocenters. The van der Waals surface area contributed by atoms with E-state index in [1.54, 1.807) is 6.20 Å². The summed E-state index contributed by atoms with van der Waals surface area (Å²) in [6.45, 7) is 15.6. The Bertz CT molecular complexity index is 515. The molecule has 2 aromatic rings. The van der Waals surface area contributed by atoms with Crippen molar-refractivity contribution in [2.75, 3.05) is 0 Å². The van der Waals surface area contributed by atoms with Crippen LogP contribution in [0, 0.1) is 0 Å². The summed E-state index contributed by atoms with van der Waals surface area (Å²) in [7, 11) is 1.93. The minimum Gasteiger partial charge on any atom is -0.311 e. The molecule has 0 aliphatic carbocycles. The maximum atomic E-state index is 4.54. The first kappa shape index (κ1) is 17.8. The minimum absolute atomic E-state index is 0.822. The summed E-state index contributed by atoms with van der Waals surface area (Å²) >= 11 is 0. The van der Waals surface area contributed by atoms with Crippen molar-refractivity contribution in [3.63, 3.8) is 0 Å². The van der Waals surface area contributed by atoms with Crippen LogP contribution in [-0.2, 0) is 13.5 Å². The molecule has 108 valence electrons. The summed E-state index contributed by atoms with van der Waals surface area (Å²) in [5.41, 5.74) is 1.81. The molecule has 20 heavy (non-hydrogen) atoms. The smallest absolute Gasteiger partial charge is 0.160 e. The van der Waals surface area contributed by atoms with E-state index in [1.807, 2.05) is 43.7 Å². The van der Waals surface area contributed by atoms with Gasteiger partial charge in [-0.2, -0.15) is 0 Å². The van der Waals surface area contributed by atoms with E-state index in [0.29, 0.717) is 0 Å². The van der Waals surface area contributed by atoms with Crippen molar-refractivity contribution >= 4 is 12.5 Å². The molecule has 0 bridgehead atoms. The third kappa shape index (κ3) is 3.88. The molecule has 0 unspecified atom stereocenters. The van der Waals surface area contributed by atoms with Gasteiger partial charge in [0, 0.05) is 13.2 Å². The average Bonchev–Trinajstić information content (AvgIpc) is 2.88. The van der Waals surface area contributed by atoms with Gasteiger partial charge in [0.25, 0.3) is 0 Å². The molecule has 0 saturated heterocycles. The van der Waals surface area contributed by atoms with Crippen molar-refractivity contribution in [1.82, 2.24) is 14.5 Å². The van der Waals surface area contributed by atoms with Crippen LogP contribution in [0.3, 0.4) is 0 Å². The zero-order valence-electron chi connectivity index (χ0n) is 12.9. The van der Waals surface area contributed by atoms with Gasteiger partial charge in [-0.15, -0.1) is 13.2 Å². The summed E-state index contributed by atoms with van der Waals surface area (Å²) in [6.07, 6.45) is 2.60. The zero-order chi connectivity index (χ0) is 15.5. The van der Waals surface area contributed by atoms with Gasteiger partial charge in [0.15, 0.2) is 11.6 Å². The van der Waals surface area contributed by atoms with Crippen molar-refractivity contribution in [1.29, 1.82) is 0 Å². The molecular formula is C16H24N4. The monoisotopic (exact) mass is 272 g/mol. The molecule has 2 aromatic heterocycles. The molecule has 0 saturated carbocycles.